The number of rotatable bonds is 4. The third kappa shape index (κ3) is 2.77. The van der Waals surface area contributed by atoms with E-state index in [1.165, 1.54) is 5.56 Å². The van der Waals surface area contributed by atoms with Gasteiger partial charge in [0, 0.05) is 12.1 Å². The summed E-state index contributed by atoms with van der Waals surface area (Å²) in [5.74, 6) is -0.160. The van der Waals surface area contributed by atoms with Crippen LogP contribution in [0, 0.1) is 5.82 Å². The molecular weight excluding hydrogens is 225 g/mol. The zero-order valence-corrected chi connectivity index (χ0v) is 10.8. The van der Waals surface area contributed by atoms with Gasteiger partial charge in [0.1, 0.15) is 5.82 Å². The molecule has 1 nitrogen and oxygen atoms in total. The van der Waals surface area contributed by atoms with Crippen LogP contribution in [0.5, 0.6) is 0 Å². The molecule has 0 amide bonds. The predicted molar refractivity (Wildman–Crippen MR) is 74.0 cm³/mol. The van der Waals surface area contributed by atoms with Gasteiger partial charge in [0.2, 0.25) is 0 Å². The van der Waals surface area contributed by atoms with Crippen molar-refractivity contribution in [2.45, 2.75) is 19.9 Å². The first-order valence-corrected chi connectivity index (χ1v) is 6.27. The second kappa shape index (κ2) is 5.78. The number of hydrogen-bond acceptors (Lipinski definition) is 1. The molecule has 2 rings (SSSR count). The highest BCUT2D eigenvalue weighted by molar-refractivity contribution is 5.64. The second-order valence-electron chi connectivity index (χ2n) is 4.40. The Morgan fingerprint density at radius 2 is 1.67 bits per heavy atom. The van der Waals surface area contributed by atoms with Gasteiger partial charge in [-0.25, -0.2) is 4.39 Å². The smallest absolute Gasteiger partial charge is 0.131 e. The molecule has 94 valence electrons. The van der Waals surface area contributed by atoms with Crippen molar-refractivity contribution < 1.29 is 4.39 Å². The minimum Gasteiger partial charge on any atom is -0.316 e. The summed E-state index contributed by atoms with van der Waals surface area (Å²) >= 11 is 0. The average Bonchev–Trinajstić information content (AvgIpc) is 2.40. The van der Waals surface area contributed by atoms with Gasteiger partial charge >= 0.3 is 0 Å². The highest BCUT2D eigenvalue weighted by Crippen LogP contribution is 2.24. The van der Waals surface area contributed by atoms with Crippen LogP contribution in [0.15, 0.2) is 42.5 Å². The van der Waals surface area contributed by atoms with E-state index in [0.29, 0.717) is 12.1 Å². The fourth-order valence-electron chi connectivity index (χ4n) is 2.03. The van der Waals surface area contributed by atoms with E-state index in [9.17, 15) is 4.39 Å². The van der Waals surface area contributed by atoms with E-state index in [-0.39, 0.29) is 5.82 Å². The minimum atomic E-state index is -0.160. The van der Waals surface area contributed by atoms with Gasteiger partial charge in [-0.05, 0) is 36.2 Å². The Labute approximate surface area is 108 Å². The Hall–Kier alpha value is -1.67. The first-order chi connectivity index (χ1) is 8.74. The Morgan fingerprint density at radius 3 is 2.22 bits per heavy atom. The number of aryl methyl sites for hydroxylation is 1. The summed E-state index contributed by atoms with van der Waals surface area (Å²) in [6.45, 7) is 2.80. The van der Waals surface area contributed by atoms with Crippen LogP contribution >= 0.6 is 0 Å². The van der Waals surface area contributed by atoms with Crippen molar-refractivity contribution in [3.63, 3.8) is 0 Å². The second-order valence-corrected chi connectivity index (χ2v) is 4.40. The van der Waals surface area contributed by atoms with E-state index < -0.39 is 0 Å². The fraction of sp³-hybridized carbons (Fsp3) is 0.250. The summed E-state index contributed by atoms with van der Waals surface area (Å²) in [4.78, 5) is 0. The summed E-state index contributed by atoms with van der Waals surface area (Å²) < 4.78 is 14.0. The number of hydrogen-bond donors (Lipinski definition) is 1. The molecular formula is C16H18FN. The van der Waals surface area contributed by atoms with E-state index in [2.05, 4.69) is 24.4 Å². The molecule has 0 aliphatic carbocycles. The molecule has 0 atom stereocenters. The van der Waals surface area contributed by atoms with Gasteiger partial charge in [-0.2, -0.15) is 0 Å². The topological polar surface area (TPSA) is 12.0 Å². The van der Waals surface area contributed by atoms with Crippen molar-refractivity contribution in [1.82, 2.24) is 5.32 Å². The van der Waals surface area contributed by atoms with Gasteiger partial charge in [0.25, 0.3) is 0 Å². The van der Waals surface area contributed by atoms with Gasteiger partial charge in [-0.3, -0.25) is 0 Å². The van der Waals surface area contributed by atoms with Crippen molar-refractivity contribution in [1.29, 1.82) is 0 Å². The number of halogens is 1. The maximum atomic E-state index is 14.0. The van der Waals surface area contributed by atoms with E-state index in [1.807, 2.05) is 31.3 Å². The molecule has 2 aromatic rings. The standard InChI is InChI=1S/C16H18FN/c1-3-12-4-7-14(8-5-12)15-9-6-13(11-18-2)10-16(15)17/h4-10,18H,3,11H2,1-2H3. The molecule has 0 aliphatic rings. The van der Waals surface area contributed by atoms with Gasteiger partial charge in [-0.15, -0.1) is 0 Å². The zero-order chi connectivity index (χ0) is 13.0. The molecule has 1 N–H and O–H groups in total. The molecule has 0 heterocycles. The van der Waals surface area contributed by atoms with Crippen molar-refractivity contribution in [3.05, 3.63) is 59.4 Å². The van der Waals surface area contributed by atoms with E-state index in [4.69, 9.17) is 0 Å². The molecule has 0 saturated heterocycles. The van der Waals surface area contributed by atoms with Crippen molar-refractivity contribution in [3.8, 4) is 11.1 Å². The van der Waals surface area contributed by atoms with Crippen LogP contribution in [0.4, 0.5) is 4.39 Å². The minimum absolute atomic E-state index is 0.160. The maximum Gasteiger partial charge on any atom is 0.131 e. The van der Waals surface area contributed by atoms with Crippen LogP contribution in [0.2, 0.25) is 0 Å². The van der Waals surface area contributed by atoms with Crippen LogP contribution in [0.3, 0.4) is 0 Å². The SMILES string of the molecule is CCc1ccc(-c2ccc(CNC)cc2F)cc1. The Balaban J connectivity index is 2.32. The van der Waals surface area contributed by atoms with E-state index in [1.54, 1.807) is 6.07 Å². The lowest BCUT2D eigenvalue weighted by molar-refractivity contribution is 0.627. The molecule has 0 aliphatic heterocycles. The third-order valence-corrected chi connectivity index (χ3v) is 3.09. The number of benzene rings is 2. The predicted octanol–water partition coefficient (Wildman–Crippen LogP) is 3.77. The molecule has 0 unspecified atom stereocenters. The lowest BCUT2D eigenvalue weighted by Gasteiger charge is -2.07. The fourth-order valence-corrected chi connectivity index (χ4v) is 2.03. The highest BCUT2D eigenvalue weighted by atomic mass is 19.1. The monoisotopic (exact) mass is 243 g/mol. The van der Waals surface area contributed by atoms with Crippen molar-refractivity contribution in [2.75, 3.05) is 7.05 Å². The summed E-state index contributed by atoms with van der Waals surface area (Å²) in [5.41, 5.74) is 3.83. The first-order valence-electron chi connectivity index (χ1n) is 6.27. The first kappa shape index (κ1) is 12.8. The largest absolute Gasteiger partial charge is 0.316 e. The van der Waals surface area contributed by atoms with Crippen molar-refractivity contribution >= 4 is 0 Å². The lowest BCUT2D eigenvalue weighted by atomic mass is 10.0. The van der Waals surface area contributed by atoms with Crippen LogP contribution in [-0.4, -0.2) is 7.05 Å². The zero-order valence-electron chi connectivity index (χ0n) is 10.8. The summed E-state index contributed by atoms with van der Waals surface area (Å²) in [6.07, 6.45) is 1.00. The molecule has 0 fully saturated rings. The normalized spacial score (nSPS) is 10.6. The van der Waals surface area contributed by atoms with Gasteiger partial charge in [0.15, 0.2) is 0 Å². The molecule has 2 aromatic carbocycles. The third-order valence-electron chi connectivity index (χ3n) is 3.09. The molecule has 0 saturated carbocycles. The number of nitrogens with one attached hydrogen (secondary N) is 1. The van der Waals surface area contributed by atoms with Crippen molar-refractivity contribution in [2.24, 2.45) is 0 Å². The van der Waals surface area contributed by atoms with Gasteiger partial charge in [-0.1, -0.05) is 43.3 Å². The Kier molecular flexibility index (Phi) is 4.11. The average molecular weight is 243 g/mol. The summed E-state index contributed by atoms with van der Waals surface area (Å²) in [7, 11) is 1.86. The van der Waals surface area contributed by atoms with Gasteiger partial charge < -0.3 is 5.32 Å². The highest BCUT2D eigenvalue weighted by Gasteiger charge is 2.05. The molecule has 2 heteroatoms. The van der Waals surface area contributed by atoms with Crippen LogP contribution in [-0.2, 0) is 13.0 Å². The summed E-state index contributed by atoms with van der Waals surface area (Å²) in [6, 6.07) is 13.5. The maximum absolute atomic E-state index is 14.0. The van der Waals surface area contributed by atoms with E-state index in [0.717, 1.165) is 17.5 Å². The van der Waals surface area contributed by atoms with Crippen LogP contribution in [0.25, 0.3) is 11.1 Å². The summed E-state index contributed by atoms with van der Waals surface area (Å²) in [5, 5.41) is 3.02. The molecule has 0 bridgehead atoms. The van der Waals surface area contributed by atoms with E-state index >= 15 is 0 Å². The van der Waals surface area contributed by atoms with Crippen LogP contribution < -0.4 is 5.32 Å². The quantitative estimate of drug-likeness (QED) is 0.861. The van der Waals surface area contributed by atoms with Gasteiger partial charge in [0.05, 0.1) is 0 Å². The van der Waals surface area contributed by atoms with Crippen LogP contribution in [0.1, 0.15) is 18.1 Å². The molecule has 0 spiro atoms. The molecule has 18 heavy (non-hydrogen) atoms. The molecule has 0 aromatic heterocycles. The Bertz CT molecular complexity index is 517. The molecule has 0 radical (unpaired) electrons. The lowest BCUT2D eigenvalue weighted by Crippen LogP contribution is -2.05. The Morgan fingerprint density at radius 1 is 1.00 bits per heavy atom.